The van der Waals surface area contributed by atoms with Gasteiger partial charge >= 0.3 is 12.1 Å². The predicted octanol–water partition coefficient (Wildman–Crippen LogP) is 5.27. The van der Waals surface area contributed by atoms with Gasteiger partial charge < -0.3 is 10.1 Å². The number of hydrogen-bond donors (Lipinski definition) is 1. The Bertz CT molecular complexity index is 1310. The van der Waals surface area contributed by atoms with Crippen molar-refractivity contribution in [2.75, 3.05) is 11.9 Å². The lowest BCUT2D eigenvalue weighted by molar-refractivity contribution is -0.137. The van der Waals surface area contributed by atoms with Gasteiger partial charge in [-0.2, -0.15) is 18.3 Å². The van der Waals surface area contributed by atoms with Gasteiger partial charge in [0.25, 0.3) is 5.91 Å². The second-order valence-electron chi connectivity index (χ2n) is 7.23. The molecule has 0 radical (unpaired) electrons. The monoisotopic (exact) mass is 473 g/mol. The number of benzene rings is 2. The number of carbonyl (C=O) groups excluding carboxylic acids is 2. The minimum absolute atomic E-state index is 0.274. The molecule has 1 amide bonds. The molecule has 170 valence electrons. The molecule has 0 aliphatic heterocycles. The van der Waals surface area contributed by atoms with Crippen LogP contribution in [0.15, 0.2) is 60.7 Å². The van der Waals surface area contributed by atoms with Crippen LogP contribution in [-0.2, 0) is 22.3 Å². The van der Waals surface area contributed by atoms with Gasteiger partial charge in [0.2, 0.25) is 0 Å². The van der Waals surface area contributed by atoms with E-state index in [0.717, 1.165) is 33.6 Å². The highest BCUT2D eigenvalue weighted by atomic mass is 32.1. The number of thiophene rings is 1. The lowest BCUT2D eigenvalue weighted by Crippen LogP contribution is -2.22. The third-order valence-corrected chi connectivity index (χ3v) is 5.95. The minimum atomic E-state index is -4.62. The van der Waals surface area contributed by atoms with E-state index in [4.69, 9.17) is 4.74 Å². The molecule has 0 aliphatic carbocycles. The molecule has 2 heterocycles. The van der Waals surface area contributed by atoms with Gasteiger partial charge in [0, 0.05) is 5.39 Å². The van der Waals surface area contributed by atoms with E-state index in [-0.39, 0.29) is 4.88 Å². The number of halogens is 3. The first-order valence-corrected chi connectivity index (χ1v) is 10.7. The summed E-state index contributed by atoms with van der Waals surface area (Å²) in [6.07, 6.45) is -4.62. The van der Waals surface area contributed by atoms with Crippen LogP contribution >= 0.6 is 11.3 Å². The Kier molecular flexibility index (Phi) is 6.19. The number of carbonyl (C=O) groups is 2. The van der Waals surface area contributed by atoms with Crippen molar-refractivity contribution >= 4 is 39.1 Å². The van der Waals surface area contributed by atoms with Crippen molar-refractivity contribution in [1.29, 1.82) is 0 Å². The molecule has 10 heteroatoms. The Balaban J connectivity index is 1.43. The van der Waals surface area contributed by atoms with Crippen LogP contribution in [0.2, 0.25) is 0 Å². The quantitative estimate of drug-likeness (QED) is 0.387. The van der Waals surface area contributed by atoms with E-state index in [2.05, 4.69) is 10.4 Å². The van der Waals surface area contributed by atoms with E-state index < -0.39 is 35.9 Å². The van der Waals surface area contributed by atoms with Crippen LogP contribution in [0.25, 0.3) is 10.2 Å². The van der Waals surface area contributed by atoms with Gasteiger partial charge in [-0.1, -0.05) is 42.5 Å². The lowest BCUT2D eigenvalue weighted by Gasteiger charge is -2.13. The van der Waals surface area contributed by atoms with Crippen LogP contribution in [-0.4, -0.2) is 28.3 Å². The molecule has 2 aromatic carbocycles. The molecule has 2 aromatic heterocycles. The molecule has 6 nitrogen and oxygen atoms in total. The molecule has 0 unspecified atom stereocenters. The normalized spacial score (nSPS) is 11.5. The number of aromatic nitrogens is 2. The molecular formula is C23H18F3N3O3S. The highest BCUT2D eigenvalue weighted by molar-refractivity contribution is 7.20. The Hall–Kier alpha value is -3.66. The molecule has 0 saturated carbocycles. The van der Waals surface area contributed by atoms with Crippen molar-refractivity contribution in [2.45, 2.75) is 19.6 Å². The molecule has 0 atom stereocenters. The number of nitrogens with zero attached hydrogens (tertiary/aromatic N) is 2. The number of fused-ring (bicyclic) bond motifs is 1. The summed E-state index contributed by atoms with van der Waals surface area (Å²) < 4.78 is 46.0. The number of amides is 1. The first-order chi connectivity index (χ1) is 15.7. The first-order valence-electron chi connectivity index (χ1n) is 9.86. The third kappa shape index (κ3) is 5.06. The van der Waals surface area contributed by atoms with Gasteiger partial charge in [-0.3, -0.25) is 9.48 Å². The van der Waals surface area contributed by atoms with Crippen molar-refractivity contribution < 1.29 is 27.5 Å². The largest absolute Gasteiger partial charge is 0.451 e. The van der Waals surface area contributed by atoms with Crippen LogP contribution < -0.4 is 5.32 Å². The smallest absolute Gasteiger partial charge is 0.418 e. The Morgan fingerprint density at radius 1 is 1.09 bits per heavy atom. The number of alkyl halides is 3. The van der Waals surface area contributed by atoms with Crippen molar-refractivity contribution in [1.82, 2.24) is 9.78 Å². The highest BCUT2D eigenvalue weighted by Gasteiger charge is 2.33. The van der Waals surface area contributed by atoms with Crippen molar-refractivity contribution in [3.05, 3.63) is 82.4 Å². The van der Waals surface area contributed by atoms with Crippen LogP contribution in [0.1, 0.15) is 26.5 Å². The van der Waals surface area contributed by atoms with E-state index >= 15 is 0 Å². The second kappa shape index (κ2) is 9.07. The molecule has 33 heavy (non-hydrogen) atoms. The van der Waals surface area contributed by atoms with Crippen molar-refractivity contribution in [3.63, 3.8) is 0 Å². The maximum absolute atomic E-state index is 13.1. The summed E-state index contributed by atoms with van der Waals surface area (Å²) in [7, 11) is 0. The average Bonchev–Trinajstić information content (AvgIpc) is 3.34. The lowest BCUT2D eigenvalue weighted by atomic mass is 10.1. The molecule has 1 N–H and O–H groups in total. The second-order valence-corrected chi connectivity index (χ2v) is 8.26. The summed E-state index contributed by atoms with van der Waals surface area (Å²) in [5.74, 6) is -1.60. The maximum atomic E-state index is 13.1. The van der Waals surface area contributed by atoms with Crippen molar-refractivity contribution in [2.24, 2.45) is 0 Å². The molecule has 4 aromatic rings. The zero-order chi connectivity index (χ0) is 23.6. The number of esters is 1. The van der Waals surface area contributed by atoms with E-state index in [9.17, 15) is 22.8 Å². The Labute approximate surface area is 190 Å². The topological polar surface area (TPSA) is 73.2 Å². The Morgan fingerprint density at radius 3 is 2.52 bits per heavy atom. The van der Waals surface area contributed by atoms with Crippen LogP contribution in [0, 0.1) is 6.92 Å². The number of para-hydroxylation sites is 1. The van der Waals surface area contributed by atoms with Gasteiger partial charge in [-0.25, -0.2) is 4.79 Å². The number of anilines is 1. The van der Waals surface area contributed by atoms with Gasteiger partial charge in [-0.15, -0.1) is 11.3 Å². The van der Waals surface area contributed by atoms with Gasteiger partial charge in [-0.05, 0) is 30.7 Å². The van der Waals surface area contributed by atoms with Crippen LogP contribution in [0.4, 0.5) is 18.9 Å². The number of rotatable bonds is 6. The number of ether oxygens (including phenoxy) is 1. The SMILES string of the molecule is Cc1nn(Cc2ccccc2)c2sc(C(=O)OCC(=O)Nc3ccccc3C(F)(F)F)cc12. The number of hydrogen-bond acceptors (Lipinski definition) is 5. The molecule has 4 rings (SSSR count). The van der Waals surface area contributed by atoms with Gasteiger partial charge in [0.05, 0.1) is 23.5 Å². The third-order valence-electron chi connectivity index (χ3n) is 4.82. The molecule has 0 saturated heterocycles. The molecule has 0 fully saturated rings. The Morgan fingerprint density at radius 2 is 1.79 bits per heavy atom. The van der Waals surface area contributed by atoms with E-state index in [1.807, 2.05) is 37.3 Å². The fraction of sp³-hybridized carbons (Fsp3) is 0.174. The van der Waals surface area contributed by atoms with E-state index in [1.165, 1.54) is 23.5 Å². The van der Waals surface area contributed by atoms with E-state index in [0.29, 0.717) is 6.54 Å². The zero-order valence-electron chi connectivity index (χ0n) is 17.3. The maximum Gasteiger partial charge on any atom is 0.418 e. The summed E-state index contributed by atoms with van der Waals surface area (Å²) in [5.41, 5.74) is 0.421. The average molecular weight is 473 g/mol. The molecule has 0 bridgehead atoms. The zero-order valence-corrected chi connectivity index (χ0v) is 18.2. The molecular weight excluding hydrogens is 455 g/mol. The minimum Gasteiger partial charge on any atom is -0.451 e. The van der Waals surface area contributed by atoms with Crippen LogP contribution in [0.3, 0.4) is 0 Å². The van der Waals surface area contributed by atoms with Crippen LogP contribution in [0.5, 0.6) is 0 Å². The standard InChI is InChI=1S/C23H18F3N3O3S/c1-14-16-11-19(33-21(16)29(28-14)12-15-7-3-2-4-8-15)22(31)32-13-20(30)27-18-10-6-5-9-17(18)23(24,25)26/h2-11H,12-13H2,1H3,(H,27,30). The number of aryl methyl sites for hydroxylation is 1. The fourth-order valence-electron chi connectivity index (χ4n) is 3.30. The van der Waals surface area contributed by atoms with Gasteiger partial charge in [0.1, 0.15) is 9.71 Å². The predicted molar refractivity (Wildman–Crippen MR) is 118 cm³/mol. The summed E-state index contributed by atoms with van der Waals surface area (Å²) in [6.45, 7) is 1.65. The molecule has 0 aliphatic rings. The summed E-state index contributed by atoms with van der Waals surface area (Å²) in [6, 6.07) is 16.0. The number of nitrogens with one attached hydrogen (secondary N) is 1. The van der Waals surface area contributed by atoms with Crippen molar-refractivity contribution in [3.8, 4) is 0 Å². The summed E-state index contributed by atoms with van der Waals surface area (Å²) in [4.78, 5) is 25.6. The molecule has 0 spiro atoms. The summed E-state index contributed by atoms with van der Waals surface area (Å²) in [5, 5.41) is 7.46. The summed E-state index contributed by atoms with van der Waals surface area (Å²) >= 11 is 1.18. The first kappa shape index (κ1) is 22.5. The fourth-order valence-corrected chi connectivity index (χ4v) is 4.36. The van der Waals surface area contributed by atoms with E-state index in [1.54, 1.807) is 10.7 Å². The van der Waals surface area contributed by atoms with Gasteiger partial charge in [0.15, 0.2) is 6.61 Å². The highest BCUT2D eigenvalue weighted by Crippen LogP contribution is 2.34.